The first-order chi connectivity index (χ1) is 33.2. The quantitative estimate of drug-likeness (QED) is 0.155. The van der Waals surface area contributed by atoms with Crippen molar-refractivity contribution in [3.05, 3.63) is 241 Å². The number of rotatable bonds is 4. The summed E-state index contributed by atoms with van der Waals surface area (Å²) in [5.74, 6) is 0. The summed E-state index contributed by atoms with van der Waals surface area (Å²) in [5.41, 5.74) is 20.9. The number of benzene rings is 12. The molecule has 0 bridgehead atoms. The van der Waals surface area contributed by atoms with Gasteiger partial charge in [0.25, 0.3) is 0 Å². The molecule has 14 rings (SSSR count). The molecule has 0 unspecified atom stereocenters. The van der Waals surface area contributed by atoms with E-state index in [0.717, 1.165) is 0 Å². The maximum atomic E-state index is 2.45. The summed E-state index contributed by atoms with van der Waals surface area (Å²) in [7, 11) is 0. The van der Waals surface area contributed by atoms with E-state index in [0.29, 0.717) is 0 Å². The summed E-state index contributed by atoms with van der Waals surface area (Å²) in [4.78, 5) is 0. The van der Waals surface area contributed by atoms with E-state index in [1.54, 1.807) is 0 Å². The van der Waals surface area contributed by atoms with Crippen molar-refractivity contribution < 1.29 is 0 Å². The lowest BCUT2D eigenvalue weighted by Crippen LogP contribution is -2.14. The van der Waals surface area contributed by atoms with Crippen LogP contribution in [0.1, 0.15) is 49.9 Å². The van der Waals surface area contributed by atoms with Crippen molar-refractivity contribution in [3.8, 4) is 66.8 Å². The lowest BCUT2D eigenvalue weighted by atomic mass is 9.81. The predicted molar refractivity (Wildman–Crippen MR) is 291 cm³/mol. The van der Waals surface area contributed by atoms with Crippen molar-refractivity contribution in [1.82, 2.24) is 0 Å². The highest BCUT2D eigenvalue weighted by Crippen LogP contribution is 2.52. The molecule has 0 saturated carbocycles. The Kier molecular flexibility index (Phi) is 8.19. The SMILES string of the molecule is CC1(C)c2ccccc2-c2ccc(-c3ccc(-c4ccc5c6ccccc6c6c7cc(-c8ccc(-c9ccc%10c(c9)C(C)(C)c9ccccc9-%10)cc8)ccc7c7ccccc7c6c5c4)cc3)cc21. The first-order valence-corrected chi connectivity index (χ1v) is 24.2. The Hall–Kier alpha value is -8.06. The summed E-state index contributed by atoms with van der Waals surface area (Å²) in [5, 5.41) is 12.9. The highest BCUT2D eigenvalue weighted by molar-refractivity contribution is 6.39. The summed E-state index contributed by atoms with van der Waals surface area (Å²) in [6, 6.07) is 82.6. The van der Waals surface area contributed by atoms with E-state index < -0.39 is 0 Å². The number of fused-ring (bicyclic) bond motifs is 17. The Morgan fingerprint density at radius 2 is 0.485 bits per heavy atom. The van der Waals surface area contributed by atoms with Gasteiger partial charge in [0.1, 0.15) is 0 Å². The Morgan fingerprint density at radius 3 is 0.882 bits per heavy atom. The molecule has 0 heterocycles. The second-order valence-corrected chi connectivity index (χ2v) is 20.4. The Morgan fingerprint density at radius 1 is 0.206 bits per heavy atom. The molecule has 0 aromatic heterocycles. The van der Waals surface area contributed by atoms with Gasteiger partial charge in [0.05, 0.1) is 0 Å². The minimum absolute atomic E-state index is 0.0295. The molecule has 0 N–H and O–H groups in total. The second-order valence-electron chi connectivity index (χ2n) is 20.4. The largest absolute Gasteiger partial charge is 0.0619 e. The number of hydrogen-bond acceptors (Lipinski definition) is 0. The molecule has 0 radical (unpaired) electrons. The molecule has 12 aromatic rings. The van der Waals surface area contributed by atoms with Crippen molar-refractivity contribution in [2.75, 3.05) is 0 Å². The van der Waals surface area contributed by atoms with Crippen LogP contribution in [-0.4, -0.2) is 0 Å². The molecule has 0 aliphatic heterocycles. The van der Waals surface area contributed by atoms with Crippen LogP contribution in [0.15, 0.2) is 218 Å². The second kappa shape index (κ2) is 14.2. The highest BCUT2D eigenvalue weighted by atomic mass is 14.4. The molecule has 68 heavy (non-hydrogen) atoms. The third-order valence-electron chi connectivity index (χ3n) is 16.1. The van der Waals surface area contributed by atoms with E-state index in [1.807, 2.05) is 0 Å². The van der Waals surface area contributed by atoms with E-state index in [4.69, 9.17) is 0 Å². The van der Waals surface area contributed by atoms with Crippen molar-refractivity contribution in [1.29, 1.82) is 0 Å². The van der Waals surface area contributed by atoms with Crippen molar-refractivity contribution in [2.45, 2.75) is 38.5 Å². The van der Waals surface area contributed by atoms with Gasteiger partial charge in [0.2, 0.25) is 0 Å². The van der Waals surface area contributed by atoms with Gasteiger partial charge in [0.15, 0.2) is 0 Å². The van der Waals surface area contributed by atoms with E-state index in [1.165, 1.54) is 143 Å². The van der Waals surface area contributed by atoms with Gasteiger partial charge in [-0.3, -0.25) is 0 Å². The molecule has 0 nitrogen and oxygen atoms in total. The third kappa shape index (κ3) is 5.55. The fourth-order valence-electron chi connectivity index (χ4n) is 12.5. The minimum atomic E-state index is -0.0295. The molecule has 320 valence electrons. The molecular weight excluding hydrogens is 817 g/mol. The van der Waals surface area contributed by atoms with Gasteiger partial charge in [-0.15, -0.1) is 0 Å². The first kappa shape index (κ1) is 39.1. The minimum Gasteiger partial charge on any atom is -0.0619 e. The maximum Gasteiger partial charge on any atom is 0.0159 e. The summed E-state index contributed by atoms with van der Waals surface area (Å²) >= 11 is 0. The normalized spacial score (nSPS) is 14.1. The van der Waals surface area contributed by atoms with Crippen molar-refractivity contribution >= 4 is 53.9 Å². The molecule has 12 aromatic carbocycles. The van der Waals surface area contributed by atoms with Crippen LogP contribution in [0, 0.1) is 0 Å². The fraction of sp³-hybridized carbons (Fsp3) is 0.0882. The molecule has 0 heteroatoms. The maximum absolute atomic E-state index is 2.45. The molecule has 0 saturated heterocycles. The number of hydrogen-bond donors (Lipinski definition) is 0. The van der Waals surface area contributed by atoms with Crippen LogP contribution in [0.25, 0.3) is 121 Å². The molecule has 0 spiro atoms. The molecule has 0 amide bonds. The van der Waals surface area contributed by atoms with Crippen LogP contribution in [0.3, 0.4) is 0 Å². The lowest BCUT2D eigenvalue weighted by molar-refractivity contribution is 0.660. The average Bonchev–Trinajstić information content (AvgIpc) is 3.77. The molecule has 0 atom stereocenters. The van der Waals surface area contributed by atoms with E-state index in [9.17, 15) is 0 Å². The Bertz CT molecular complexity index is 3830. The van der Waals surface area contributed by atoms with E-state index in [2.05, 4.69) is 246 Å². The van der Waals surface area contributed by atoms with Crippen LogP contribution < -0.4 is 0 Å². The van der Waals surface area contributed by atoms with Gasteiger partial charge in [-0.2, -0.15) is 0 Å². The molecule has 2 aliphatic carbocycles. The van der Waals surface area contributed by atoms with Gasteiger partial charge < -0.3 is 0 Å². The average molecular weight is 865 g/mol. The van der Waals surface area contributed by atoms with Gasteiger partial charge in [-0.05, 0) is 167 Å². The van der Waals surface area contributed by atoms with Gasteiger partial charge in [-0.1, -0.05) is 222 Å². The zero-order valence-corrected chi connectivity index (χ0v) is 38.8. The Balaban J connectivity index is 0.883. The first-order valence-electron chi connectivity index (χ1n) is 24.2. The smallest absolute Gasteiger partial charge is 0.0159 e. The zero-order valence-electron chi connectivity index (χ0n) is 38.8. The van der Waals surface area contributed by atoms with Gasteiger partial charge >= 0.3 is 0 Å². The summed E-state index contributed by atoms with van der Waals surface area (Å²) < 4.78 is 0. The van der Waals surface area contributed by atoms with Crippen molar-refractivity contribution in [2.24, 2.45) is 0 Å². The van der Waals surface area contributed by atoms with Gasteiger partial charge in [0, 0.05) is 10.8 Å². The van der Waals surface area contributed by atoms with Crippen LogP contribution in [0.4, 0.5) is 0 Å². The monoisotopic (exact) mass is 864 g/mol. The predicted octanol–water partition coefficient (Wildman–Crippen LogP) is 18.7. The van der Waals surface area contributed by atoms with Gasteiger partial charge in [-0.25, -0.2) is 0 Å². The topological polar surface area (TPSA) is 0 Å². The zero-order chi connectivity index (χ0) is 45.5. The van der Waals surface area contributed by atoms with Crippen molar-refractivity contribution in [3.63, 3.8) is 0 Å². The third-order valence-corrected chi connectivity index (χ3v) is 16.1. The summed E-state index contributed by atoms with van der Waals surface area (Å²) in [6.45, 7) is 9.43. The molecule has 2 aliphatic rings. The van der Waals surface area contributed by atoms with Crippen LogP contribution in [0.5, 0.6) is 0 Å². The molecule has 0 fully saturated rings. The summed E-state index contributed by atoms with van der Waals surface area (Å²) in [6.07, 6.45) is 0. The standard InChI is InChI=1S/C68H48/c1-67(2)61-19-11-9-15-53(61)55-35-31-47(39-63(55)67)43-25-21-41(22-26-43)45-29-33-51-49-13-5-8-18-58(49)66-60-38-46(30-34-52(60)50-14-6-7-17-57(50)65(66)59(51)37-45)42-23-27-44(28-24-42)48-32-36-56-54-16-10-12-20-62(54)68(3,4)64(56)40-48/h5-40H,1-4H3. The van der Waals surface area contributed by atoms with E-state index in [-0.39, 0.29) is 10.8 Å². The van der Waals surface area contributed by atoms with Crippen LogP contribution >= 0.6 is 0 Å². The van der Waals surface area contributed by atoms with Crippen LogP contribution in [-0.2, 0) is 10.8 Å². The lowest BCUT2D eigenvalue weighted by Gasteiger charge is -2.22. The van der Waals surface area contributed by atoms with Crippen LogP contribution in [0.2, 0.25) is 0 Å². The van der Waals surface area contributed by atoms with E-state index >= 15 is 0 Å². The highest BCUT2D eigenvalue weighted by Gasteiger charge is 2.36. The fourth-order valence-corrected chi connectivity index (χ4v) is 12.5. The Labute approximate surface area is 397 Å². The molecular formula is C68H48.